The lowest BCUT2D eigenvalue weighted by molar-refractivity contribution is 0.0931. The van der Waals surface area contributed by atoms with E-state index in [9.17, 15) is 14.3 Å². The fourth-order valence-electron chi connectivity index (χ4n) is 2.28. The minimum atomic E-state index is -0.688. The molecule has 0 heterocycles. The van der Waals surface area contributed by atoms with Gasteiger partial charge in [0.15, 0.2) is 0 Å². The van der Waals surface area contributed by atoms with Gasteiger partial charge in [0.2, 0.25) is 0 Å². The Morgan fingerprint density at radius 3 is 2.89 bits per heavy atom. The number of rotatable bonds is 3. The maximum atomic E-state index is 13.5. The summed E-state index contributed by atoms with van der Waals surface area (Å²) in [6, 6.07) is 3.94. The van der Waals surface area contributed by atoms with E-state index in [4.69, 9.17) is 0 Å². The molecule has 0 radical (unpaired) electrons. The van der Waals surface area contributed by atoms with Crippen LogP contribution in [0.1, 0.15) is 29.6 Å². The zero-order chi connectivity index (χ0) is 13.1. The van der Waals surface area contributed by atoms with Gasteiger partial charge in [0.05, 0.1) is 0 Å². The number of phenolic OH excluding ortho intramolecular Hbond substituents is 1. The molecule has 1 aliphatic rings. The molecule has 1 aromatic carbocycles. The zero-order valence-corrected chi connectivity index (χ0v) is 11.0. The van der Waals surface area contributed by atoms with Crippen molar-refractivity contribution in [3.05, 3.63) is 29.6 Å². The molecule has 1 saturated carbocycles. The second-order valence-electron chi connectivity index (χ2n) is 4.48. The molecule has 0 spiro atoms. The SMILES string of the molecule is CS[C@H]1CC[C@H](NC(=O)c2c(O)cccc2F)C1. The average molecular weight is 269 g/mol. The van der Waals surface area contributed by atoms with Crippen molar-refractivity contribution in [1.82, 2.24) is 5.32 Å². The number of hydrogen-bond donors (Lipinski definition) is 2. The highest BCUT2D eigenvalue weighted by atomic mass is 32.2. The Morgan fingerprint density at radius 2 is 2.28 bits per heavy atom. The number of phenols is 1. The van der Waals surface area contributed by atoms with Crippen molar-refractivity contribution >= 4 is 17.7 Å². The van der Waals surface area contributed by atoms with Gasteiger partial charge < -0.3 is 10.4 Å². The van der Waals surface area contributed by atoms with E-state index in [0.29, 0.717) is 5.25 Å². The molecule has 1 aliphatic carbocycles. The van der Waals surface area contributed by atoms with E-state index < -0.39 is 11.7 Å². The molecule has 0 bridgehead atoms. The quantitative estimate of drug-likeness (QED) is 0.886. The smallest absolute Gasteiger partial charge is 0.258 e. The first kappa shape index (κ1) is 13.2. The molecule has 3 nitrogen and oxygen atoms in total. The molecule has 1 fully saturated rings. The Balaban J connectivity index is 2.04. The van der Waals surface area contributed by atoms with Crippen molar-refractivity contribution in [1.29, 1.82) is 0 Å². The highest BCUT2D eigenvalue weighted by Crippen LogP contribution is 2.29. The fourth-order valence-corrected chi connectivity index (χ4v) is 3.08. The van der Waals surface area contributed by atoms with E-state index in [0.717, 1.165) is 19.3 Å². The van der Waals surface area contributed by atoms with Crippen LogP contribution in [0.5, 0.6) is 5.75 Å². The first-order chi connectivity index (χ1) is 8.61. The number of carbonyl (C=O) groups is 1. The van der Waals surface area contributed by atoms with Gasteiger partial charge in [0, 0.05) is 11.3 Å². The summed E-state index contributed by atoms with van der Waals surface area (Å²) in [6.45, 7) is 0. The molecule has 2 atom stereocenters. The normalized spacial score (nSPS) is 23.0. The number of benzene rings is 1. The predicted molar refractivity (Wildman–Crippen MR) is 70.5 cm³/mol. The van der Waals surface area contributed by atoms with E-state index in [-0.39, 0.29) is 17.4 Å². The van der Waals surface area contributed by atoms with Crippen LogP contribution in [0.3, 0.4) is 0 Å². The largest absolute Gasteiger partial charge is 0.507 e. The van der Waals surface area contributed by atoms with Crippen molar-refractivity contribution in [3.8, 4) is 5.75 Å². The number of hydrogen-bond acceptors (Lipinski definition) is 3. The fraction of sp³-hybridized carbons (Fsp3) is 0.462. The molecule has 0 unspecified atom stereocenters. The summed E-state index contributed by atoms with van der Waals surface area (Å²) < 4.78 is 13.5. The first-order valence-corrected chi connectivity index (χ1v) is 7.21. The molecule has 2 rings (SSSR count). The Morgan fingerprint density at radius 1 is 1.50 bits per heavy atom. The molecule has 5 heteroatoms. The van der Waals surface area contributed by atoms with Crippen LogP contribution in [-0.4, -0.2) is 28.6 Å². The van der Waals surface area contributed by atoms with Crippen LogP contribution in [0.15, 0.2) is 18.2 Å². The zero-order valence-electron chi connectivity index (χ0n) is 10.1. The van der Waals surface area contributed by atoms with E-state index >= 15 is 0 Å². The number of aromatic hydroxyl groups is 1. The van der Waals surface area contributed by atoms with E-state index in [1.165, 1.54) is 18.2 Å². The van der Waals surface area contributed by atoms with Crippen molar-refractivity contribution in [2.45, 2.75) is 30.6 Å². The minimum absolute atomic E-state index is 0.0777. The van der Waals surface area contributed by atoms with Crippen LogP contribution >= 0.6 is 11.8 Å². The van der Waals surface area contributed by atoms with E-state index in [1.54, 1.807) is 11.8 Å². The van der Waals surface area contributed by atoms with Crippen molar-refractivity contribution in [2.24, 2.45) is 0 Å². The lowest BCUT2D eigenvalue weighted by atomic mass is 10.1. The predicted octanol–water partition coefficient (Wildman–Crippen LogP) is 2.55. The molecule has 2 N–H and O–H groups in total. The lowest BCUT2D eigenvalue weighted by Crippen LogP contribution is -2.33. The van der Waals surface area contributed by atoms with Crippen molar-refractivity contribution < 1.29 is 14.3 Å². The van der Waals surface area contributed by atoms with Gasteiger partial charge in [-0.25, -0.2) is 4.39 Å². The molecule has 1 amide bonds. The summed E-state index contributed by atoms with van der Waals surface area (Å²) in [4.78, 5) is 11.9. The topological polar surface area (TPSA) is 49.3 Å². The Bertz CT molecular complexity index is 432. The maximum Gasteiger partial charge on any atom is 0.258 e. The number of halogens is 1. The van der Waals surface area contributed by atoms with Gasteiger partial charge in [0.25, 0.3) is 5.91 Å². The number of nitrogens with one attached hydrogen (secondary N) is 1. The van der Waals surface area contributed by atoms with E-state index in [1.807, 2.05) is 0 Å². The van der Waals surface area contributed by atoms with Crippen LogP contribution in [0.2, 0.25) is 0 Å². The molecule has 0 aromatic heterocycles. The molecule has 0 aliphatic heterocycles. The third-order valence-corrected chi connectivity index (χ3v) is 4.37. The second kappa shape index (κ2) is 5.61. The summed E-state index contributed by atoms with van der Waals surface area (Å²) in [7, 11) is 0. The van der Waals surface area contributed by atoms with E-state index in [2.05, 4.69) is 11.6 Å². The number of amides is 1. The number of carbonyl (C=O) groups excluding carboxylic acids is 1. The van der Waals surface area contributed by atoms with Gasteiger partial charge in [0.1, 0.15) is 17.1 Å². The summed E-state index contributed by atoms with van der Waals surface area (Å²) in [5.74, 6) is -1.53. The molecule has 0 saturated heterocycles. The molecular formula is C13H16FNO2S. The van der Waals surface area contributed by atoms with Crippen LogP contribution in [0, 0.1) is 5.82 Å². The first-order valence-electron chi connectivity index (χ1n) is 5.93. The van der Waals surface area contributed by atoms with Gasteiger partial charge in [-0.3, -0.25) is 4.79 Å². The molecule has 18 heavy (non-hydrogen) atoms. The summed E-state index contributed by atoms with van der Waals surface area (Å²) >= 11 is 1.79. The highest BCUT2D eigenvalue weighted by Gasteiger charge is 2.27. The maximum absolute atomic E-state index is 13.5. The Labute approximate surface area is 110 Å². The monoisotopic (exact) mass is 269 g/mol. The van der Waals surface area contributed by atoms with Gasteiger partial charge >= 0.3 is 0 Å². The standard InChI is InChI=1S/C13H16FNO2S/c1-18-9-6-5-8(7-9)15-13(17)12-10(14)3-2-4-11(12)16/h2-4,8-9,16H,5-7H2,1H3,(H,15,17)/t8-,9-/m0/s1. The second-order valence-corrected chi connectivity index (χ2v) is 5.61. The minimum Gasteiger partial charge on any atom is -0.507 e. The van der Waals surface area contributed by atoms with Crippen molar-refractivity contribution in [3.63, 3.8) is 0 Å². The highest BCUT2D eigenvalue weighted by molar-refractivity contribution is 7.99. The lowest BCUT2D eigenvalue weighted by Gasteiger charge is -2.13. The van der Waals surface area contributed by atoms with Gasteiger partial charge in [-0.05, 0) is 37.7 Å². The van der Waals surface area contributed by atoms with Crippen LogP contribution in [-0.2, 0) is 0 Å². The van der Waals surface area contributed by atoms with Gasteiger partial charge in [-0.2, -0.15) is 11.8 Å². The number of thioether (sulfide) groups is 1. The average Bonchev–Trinajstić information content (AvgIpc) is 2.76. The van der Waals surface area contributed by atoms with Crippen LogP contribution < -0.4 is 5.32 Å². The molecular weight excluding hydrogens is 253 g/mol. The summed E-state index contributed by atoms with van der Waals surface area (Å²) in [5, 5.41) is 12.9. The Hall–Kier alpha value is -1.23. The summed E-state index contributed by atoms with van der Waals surface area (Å²) in [6.07, 6.45) is 4.93. The molecule has 98 valence electrons. The third kappa shape index (κ3) is 2.77. The van der Waals surface area contributed by atoms with Crippen LogP contribution in [0.4, 0.5) is 4.39 Å². The summed E-state index contributed by atoms with van der Waals surface area (Å²) in [5.41, 5.74) is -0.259. The van der Waals surface area contributed by atoms with Crippen molar-refractivity contribution in [2.75, 3.05) is 6.26 Å². The van der Waals surface area contributed by atoms with Gasteiger partial charge in [-0.1, -0.05) is 6.07 Å². The molecule has 1 aromatic rings. The van der Waals surface area contributed by atoms with Gasteiger partial charge in [-0.15, -0.1) is 0 Å². The Kier molecular flexibility index (Phi) is 4.11. The van der Waals surface area contributed by atoms with Crippen LogP contribution in [0.25, 0.3) is 0 Å². The third-order valence-electron chi connectivity index (χ3n) is 3.27.